The van der Waals surface area contributed by atoms with Gasteiger partial charge in [-0.05, 0) is 42.9 Å². The minimum atomic E-state index is -4.64. The molecule has 0 aliphatic carbocycles. The average molecular weight is 419 g/mol. The summed E-state index contributed by atoms with van der Waals surface area (Å²) in [5.74, 6) is -1.52. The highest BCUT2D eigenvalue weighted by atomic mass is 19.4. The molecule has 9 heteroatoms. The number of anilines is 1. The normalized spacial score (nSPS) is 12.4. The number of para-hydroxylation sites is 1. The Kier molecular flexibility index (Phi) is 5.58. The molecule has 0 aliphatic rings. The van der Waals surface area contributed by atoms with Gasteiger partial charge >= 0.3 is 6.18 Å². The van der Waals surface area contributed by atoms with Crippen LogP contribution in [0.25, 0.3) is 5.78 Å². The average Bonchev–Trinajstić information content (AvgIpc) is 3.05. The molecule has 0 unspecified atom stereocenters. The molecule has 3 rings (SSSR count). The van der Waals surface area contributed by atoms with E-state index in [0.717, 1.165) is 15.8 Å². The van der Waals surface area contributed by atoms with E-state index < -0.39 is 12.0 Å². The van der Waals surface area contributed by atoms with Crippen molar-refractivity contribution in [2.45, 2.75) is 59.1 Å². The first-order valence-corrected chi connectivity index (χ1v) is 9.57. The van der Waals surface area contributed by atoms with Crippen LogP contribution in [0, 0.1) is 13.8 Å². The van der Waals surface area contributed by atoms with Crippen LogP contribution in [-0.4, -0.2) is 25.5 Å². The smallest absolute Gasteiger partial charge is 0.326 e. The van der Waals surface area contributed by atoms with Crippen LogP contribution in [0.5, 0.6) is 0 Å². The zero-order chi connectivity index (χ0) is 22.3. The molecule has 160 valence electrons. The number of hydrogen-bond donors (Lipinski definition) is 1. The Morgan fingerprint density at radius 2 is 1.77 bits per heavy atom. The predicted octanol–water partition coefficient (Wildman–Crippen LogP) is 4.63. The number of nitrogens with zero attached hydrogens (tertiary/aromatic N) is 4. The summed E-state index contributed by atoms with van der Waals surface area (Å²) in [6, 6.07) is 7.62. The summed E-state index contributed by atoms with van der Waals surface area (Å²) in [5.41, 5.74) is 3.35. The molecule has 1 aromatic carbocycles. The van der Waals surface area contributed by atoms with Crippen molar-refractivity contribution in [2.24, 2.45) is 0 Å². The third kappa shape index (κ3) is 4.44. The highest BCUT2D eigenvalue weighted by molar-refractivity contribution is 5.91. The molecule has 0 radical (unpaired) electrons. The summed E-state index contributed by atoms with van der Waals surface area (Å²) in [6.45, 7) is 9.55. The maximum absolute atomic E-state index is 12.9. The van der Waals surface area contributed by atoms with Gasteiger partial charge in [0.15, 0.2) is 0 Å². The number of aromatic nitrogens is 4. The van der Waals surface area contributed by atoms with E-state index in [0.29, 0.717) is 23.4 Å². The van der Waals surface area contributed by atoms with Crippen LogP contribution in [-0.2, 0) is 22.8 Å². The van der Waals surface area contributed by atoms with E-state index in [1.165, 1.54) is 0 Å². The van der Waals surface area contributed by atoms with Crippen molar-refractivity contribution in [3.63, 3.8) is 0 Å². The van der Waals surface area contributed by atoms with Crippen molar-refractivity contribution < 1.29 is 18.0 Å². The highest BCUT2D eigenvalue weighted by Crippen LogP contribution is 2.30. The van der Waals surface area contributed by atoms with Gasteiger partial charge in [0.25, 0.3) is 11.6 Å². The highest BCUT2D eigenvalue weighted by Gasteiger charge is 2.37. The number of carbonyl (C=O) groups excluding carboxylic acids is 1. The Labute approximate surface area is 172 Å². The second kappa shape index (κ2) is 7.70. The van der Waals surface area contributed by atoms with E-state index in [1.807, 2.05) is 24.3 Å². The van der Waals surface area contributed by atoms with E-state index in [9.17, 15) is 18.0 Å². The number of hydrogen-bond acceptors (Lipinski definition) is 4. The van der Waals surface area contributed by atoms with Gasteiger partial charge in [-0.1, -0.05) is 39.0 Å². The Morgan fingerprint density at radius 1 is 1.10 bits per heavy atom. The van der Waals surface area contributed by atoms with Gasteiger partial charge in [0.05, 0.1) is 0 Å². The lowest BCUT2D eigenvalue weighted by Gasteiger charge is -2.23. The fourth-order valence-electron chi connectivity index (χ4n) is 3.39. The van der Waals surface area contributed by atoms with E-state index in [1.54, 1.807) is 13.8 Å². The number of carbonyl (C=O) groups is 1. The quantitative estimate of drug-likeness (QED) is 0.669. The lowest BCUT2D eigenvalue weighted by Crippen LogP contribution is -2.19. The minimum Gasteiger partial charge on any atom is -0.326 e. The number of fused-ring (bicyclic) bond motifs is 1. The molecule has 1 N–H and O–H groups in total. The number of amides is 1. The van der Waals surface area contributed by atoms with Crippen LogP contribution >= 0.6 is 0 Å². The summed E-state index contributed by atoms with van der Waals surface area (Å²) in [6.07, 6.45) is -4.16. The topological polar surface area (TPSA) is 72.2 Å². The molecule has 0 atom stereocenters. The van der Waals surface area contributed by atoms with Gasteiger partial charge in [0.2, 0.25) is 5.91 Å². The molecule has 3 aromatic rings. The predicted molar refractivity (Wildman–Crippen MR) is 107 cm³/mol. The zero-order valence-corrected chi connectivity index (χ0v) is 17.6. The number of rotatable bonds is 4. The first-order valence-electron chi connectivity index (χ1n) is 9.57. The van der Waals surface area contributed by atoms with Gasteiger partial charge in [0, 0.05) is 23.5 Å². The SMILES string of the molecule is Cc1nc2nc(C(F)(F)F)nn2c(C)c1CCC(=O)Nc1ccccc1C(C)(C)C. The maximum Gasteiger partial charge on any atom is 0.453 e. The lowest BCUT2D eigenvalue weighted by molar-refractivity contribution is -0.144. The number of benzene rings is 1. The van der Waals surface area contributed by atoms with Crippen molar-refractivity contribution in [3.05, 3.63) is 52.6 Å². The summed E-state index contributed by atoms with van der Waals surface area (Å²) in [4.78, 5) is 20.2. The zero-order valence-electron chi connectivity index (χ0n) is 17.6. The van der Waals surface area contributed by atoms with Crippen molar-refractivity contribution in [1.82, 2.24) is 19.6 Å². The van der Waals surface area contributed by atoms with Crippen LogP contribution in [0.3, 0.4) is 0 Å². The van der Waals surface area contributed by atoms with Crippen molar-refractivity contribution in [2.75, 3.05) is 5.32 Å². The lowest BCUT2D eigenvalue weighted by atomic mass is 9.86. The summed E-state index contributed by atoms with van der Waals surface area (Å²) in [5, 5.41) is 6.48. The Balaban J connectivity index is 1.80. The Bertz CT molecular complexity index is 1100. The molecule has 2 heterocycles. The van der Waals surface area contributed by atoms with Crippen LogP contribution in [0.1, 0.15) is 55.5 Å². The van der Waals surface area contributed by atoms with Crippen LogP contribution in [0.15, 0.2) is 24.3 Å². The molecular weight excluding hydrogens is 395 g/mol. The standard InChI is InChI=1S/C21H24F3N5O/c1-12-14(13(2)29-19(25-12)27-18(28-29)21(22,23)24)10-11-17(30)26-16-9-7-6-8-15(16)20(3,4)5/h6-9H,10-11H2,1-5H3,(H,26,30). The van der Waals surface area contributed by atoms with E-state index >= 15 is 0 Å². The molecule has 0 fully saturated rings. The van der Waals surface area contributed by atoms with Gasteiger partial charge < -0.3 is 5.32 Å². The molecule has 0 bridgehead atoms. The molecular formula is C21H24F3N5O. The van der Waals surface area contributed by atoms with E-state index in [-0.39, 0.29) is 23.5 Å². The number of aryl methyl sites for hydroxylation is 2. The van der Waals surface area contributed by atoms with Gasteiger partial charge in [0.1, 0.15) is 0 Å². The molecule has 30 heavy (non-hydrogen) atoms. The summed E-state index contributed by atoms with van der Waals surface area (Å²) in [7, 11) is 0. The molecule has 0 saturated heterocycles. The van der Waals surface area contributed by atoms with Gasteiger partial charge in [-0.2, -0.15) is 18.2 Å². The number of alkyl halides is 3. The fourth-order valence-corrected chi connectivity index (χ4v) is 3.39. The van der Waals surface area contributed by atoms with Gasteiger partial charge in [-0.25, -0.2) is 9.50 Å². The second-order valence-electron chi connectivity index (χ2n) is 8.25. The maximum atomic E-state index is 12.9. The molecule has 0 spiro atoms. The molecule has 0 aliphatic heterocycles. The Morgan fingerprint density at radius 3 is 2.40 bits per heavy atom. The molecule has 6 nitrogen and oxygen atoms in total. The first kappa shape index (κ1) is 21.7. The van der Waals surface area contributed by atoms with Crippen LogP contribution < -0.4 is 5.32 Å². The Hall–Kier alpha value is -2.97. The molecule has 1 amide bonds. The molecule has 2 aromatic heterocycles. The van der Waals surface area contributed by atoms with Crippen LogP contribution in [0.2, 0.25) is 0 Å². The van der Waals surface area contributed by atoms with Crippen molar-refractivity contribution in [1.29, 1.82) is 0 Å². The van der Waals surface area contributed by atoms with Crippen molar-refractivity contribution in [3.8, 4) is 0 Å². The third-order valence-electron chi connectivity index (χ3n) is 4.91. The number of halogens is 3. The number of nitrogens with one attached hydrogen (secondary N) is 1. The third-order valence-corrected chi connectivity index (χ3v) is 4.91. The van der Waals surface area contributed by atoms with Crippen molar-refractivity contribution >= 4 is 17.4 Å². The van der Waals surface area contributed by atoms with Crippen LogP contribution in [0.4, 0.5) is 18.9 Å². The minimum absolute atomic E-state index is 0.107. The van der Waals surface area contributed by atoms with E-state index in [4.69, 9.17) is 0 Å². The van der Waals surface area contributed by atoms with Gasteiger partial charge in [-0.15, -0.1) is 5.10 Å². The van der Waals surface area contributed by atoms with Gasteiger partial charge in [-0.3, -0.25) is 4.79 Å². The fraction of sp³-hybridized carbons (Fsp3) is 0.429. The van der Waals surface area contributed by atoms with E-state index in [2.05, 4.69) is 41.2 Å². The largest absolute Gasteiger partial charge is 0.453 e. The summed E-state index contributed by atoms with van der Waals surface area (Å²) < 4.78 is 39.8. The second-order valence-corrected chi connectivity index (χ2v) is 8.25. The monoisotopic (exact) mass is 419 g/mol. The summed E-state index contributed by atoms with van der Waals surface area (Å²) >= 11 is 0. The molecule has 0 saturated carbocycles. The first-order chi connectivity index (χ1) is 13.9.